The third-order valence-electron chi connectivity index (χ3n) is 2.05. The molecule has 0 bridgehead atoms. The van der Waals surface area contributed by atoms with E-state index >= 15 is 0 Å². The van der Waals surface area contributed by atoms with E-state index in [0.29, 0.717) is 0 Å². The van der Waals surface area contributed by atoms with E-state index in [-0.39, 0.29) is 5.82 Å². The van der Waals surface area contributed by atoms with Crippen molar-refractivity contribution in [3.8, 4) is 0 Å². The second kappa shape index (κ2) is 4.22. The van der Waals surface area contributed by atoms with Crippen LogP contribution in [0.25, 0.3) is 5.57 Å². The zero-order valence-corrected chi connectivity index (χ0v) is 8.23. The third kappa shape index (κ3) is 2.41. The number of allylic oxidation sites excluding steroid dienone is 1. The molecule has 0 aromatic heterocycles. The van der Waals surface area contributed by atoms with Crippen LogP contribution in [0.5, 0.6) is 0 Å². The van der Waals surface area contributed by atoms with Crippen LogP contribution in [0, 0.1) is 5.82 Å². The number of hydrogen-bond acceptors (Lipinski definition) is 0. The predicted octanol–water partition coefficient (Wildman–Crippen LogP) is 3.81. The third-order valence-corrected chi connectivity index (χ3v) is 2.05. The maximum absolute atomic E-state index is 12.9. The highest BCUT2D eigenvalue weighted by molar-refractivity contribution is 5.64. The van der Waals surface area contributed by atoms with E-state index in [1.165, 1.54) is 11.6 Å². The van der Waals surface area contributed by atoms with E-state index in [0.717, 1.165) is 24.0 Å². The van der Waals surface area contributed by atoms with Crippen LogP contribution in [0.4, 0.5) is 4.39 Å². The minimum atomic E-state index is -0.183. The molecule has 0 saturated carbocycles. The molecule has 13 heavy (non-hydrogen) atoms. The molecule has 1 aromatic rings. The summed E-state index contributed by atoms with van der Waals surface area (Å²) in [6.45, 7) is 7.87. The molecule has 0 radical (unpaired) electrons. The van der Waals surface area contributed by atoms with Crippen molar-refractivity contribution in [3.63, 3.8) is 0 Å². The van der Waals surface area contributed by atoms with Gasteiger partial charge in [0.25, 0.3) is 0 Å². The van der Waals surface area contributed by atoms with Crippen molar-refractivity contribution >= 4 is 5.57 Å². The molecule has 0 N–H and O–H groups in total. The summed E-state index contributed by atoms with van der Waals surface area (Å²) in [6.07, 6.45) is 2.06. The smallest absolute Gasteiger partial charge is 0.123 e. The van der Waals surface area contributed by atoms with Crippen LogP contribution in [0.15, 0.2) is 24.8 Å². The van der Waals surface area contributed by atoms with E-state index in [1.807, 2.05) is 13.0 Å². The Labute approximate surface area is 79.1 Å². The van der Waals surface area contributed by atoms with E-state index in [4.69, 9.17) is 0 Å². The van der Waals surface area contributed by atoms with Gasteiger partial charge in [-0.05, 0) is 36.6 Å². The molecule has 0 saturated heterocycles. The topological polar surface area (TPSA) is 0 Å². The standard InChI is InChI=1S/C12H15F/c1-4-5-10-6-7-11(13)8-12(10)9(2)3/h6-8H,2,4-5H2,1,3H3. The summed E-state index contributed by atoms with van der Waals surface area (Å²) in [6, 6.07) is 4.92. The van der Waals surface area contributed by atoms with Gasteiger partial charge in [0, 0.05) is 0 Å². The quantitative estimate of drug-likeness (QED) is 0.660. The van der Waals surface area contributed by atoms with E-state index < -0.39 is 0 Å². The van der Waals surface area contributed by atoms with Crippen LogP contribution < -0.4 is 0 Å². The van der Waals surface area contributed by atoms with Gasteiger partial charge in [0.15, 0.2) is 0 Å². The van der Waals surface area contributed by atoms with E-state index in [9.17, 15) is 4.39 Å². The fourth-order valence-corrected chi connectivity index (χ4v) is 1.43. The first-order valence-electron chi connectivity index (χ1n) is 4.59. The Kier molecular flexibility index (Phi) is 3.24. The molecule has 1 aromatic carbocycles. The fraction of sp³-hybridized carbons (Fsp3) is 0.333. The highest BCUT2D eigenvalue weighted by atomic mass is 19.1. The lowest BCUT2D eigenvalue weighted by Gasteiger charge is -2.07. The minimum absolute atomic E-state index is 0.183. The summed E-state index contributed by atoms with van der Waals surface area (Å²) in [5, 5.41) is 0. The van der Waals surface area contributed by atoms with Crippen molar-refractivity contribution in [2.24, 2.45) is 0 Å². The SMILES string of the molecule is C=C(C)c1cc(F)ccc1CCC. The summed E-state index contributed by atoms with van der Waals surface area (Å²) < 4.78 is 12.9. The van der Waals surface area contributed by atoms with Crippen molar-refractivity contribution < 1.29 is 4.39 Å². The molecule has 0 amide bonds. The van der Waals surface area contributed by atoms with Crippen LogP contribution in [-0.4, -0.2) is 0 Å². The summed E-state index contributed by atoms with van der Waals surface area (Å²) in [7, 11) is 0. The Hall–Kier alpha value is -1.11. The Balaban J connectivity index is 3.10. The van der Waals surface area contributed by atoms with Gasteiger partial charge < -0.3 is 0 Å². The molecule has 0 spiro atoms. The summed E-state index contributed by atoms with van der Waals surface area (Å²) >= 11 is 0. The second-order valence-corrected chi connectivity index (χ2v) is 3.33. The van der Waals surface area contributed by atoms with Crippen LogP contribution in [-0.2, 0) is 6.42 Å². The number of hydrogen-bond donors (Lipinski definition) is 0. The van der Waals surface area contributed by atoms with Gasteiger partial charge in [0.1, 0.15) is 5.82 Å². The van der Waals surface area contributed by atoms with Crippen molar-refractivity contribution in [1.82, 2.24) is 0 Å². The predicted molar refractivity (Wildman–Crippen MR) is 55.1 cm³/mol. The molecule has 0 aliphatic carbocycles. The molecule has 0 atom stereocenters. The van der Waals surface area contributed by atoms with Crippen molar-refractivity contribution in [3.05, 3.63) is 41.7 Å². The Morgan fingerprint density at radius 3 is 2.69 bits per heavy atom. The molecule has 70 valence electrons. The van der Waals surface area contributed by atoms with Crippen molar-refractivity contribution in [1.29, 1.82) is 0 Å². The van der Waals surface area contributed by atoms with Gasteiger partial charge in [-0.3, -0.25) is 0 Å². The van der Waals surface area contributed by atoms with Gasteiger partial charge in [-0.15, -0.1) is 0 Å². The zero-order valence-electron chi connectivity index (χ0n) is 8.23. The maximum Gasteiger partial charge on any atom is 0.123 e. The Morgan fingerprint density at radius 2 is 2.15 bits per heavy atom. The van der Waals surface area contributed by atoms with Crippen LogP contribution in [0.2, 0.25) is 0 Å². The van der Waals surface area contributed by atoms with Gasteiger partial charge in [-0.2, -0.15) is 0 Å². The Morgan fingerprint density at radius 1 is 1.46 bits per heavy atom. The Bertz CT molecular complexity index is 313. The average molecular weight is 178 g/mol. The van der Waals surface area contributed by atoms with E-state index in [2.05, 4.69) is 13.5 Å². The van der Waals surface area contributed by atoms with Gasteiger partial charge in [-0.25, -0.2) is 4.39 Å². The monoisotopic (exact) mass is 178 g/mol. The maximum atomic E-state index is 12.9. The van der Waals surface area contributed by atoms with Gasteiger partial charge >= 0.3 is 0 Å². The van der Waals surface area contributed by atoms with Gasteiger partial charge in [-0.1, -0.05) is 31.6 Å². The fourth-order valence-electron chi connectivity index (χ4n) is 1.43. The molecule has 0 heterocycles. The van der Waals surface area contributed by atoms with E-state index in [1.54, 1.807) is 6.07 Å². The summed E-state index contributed by atoms with van der Waals surface area (Å²) in [5.41, 5.74) is 3.08. The highest BCUT2D eigenvalue weighted by Crippen LogP contribution is 2.19. The molecular weight excluding hydrogens is 163 g/mol. The molecule has 1 rings (SSSR count). The molecule has 0 fully saturated rings. The van der Waals surface area contributed by atoms with Crippen LogP contribution in [0.1, 0.15) is 31.4 Å². The zero-order chi connectivity index (χ0) is 9.84. The molecule has 0 nitrogen and oxygen atoms in total. The summed E-state index contributed by atoms with van der Waals surface area (Å²) in [4.78, 5) is 0. The molecule has 0 unspecified atom stereocenters. The first-order chi connectivity index (χ1) is 6.15. The van der Waals surface area contributed by atoms with Gasteiger partial charge in [0.05, 0.1) is 0 Å². The number of rotatable bonds is 3. The molecule has 0 aliphatic heterocycles. The number of aryl methyl sites for hydroxylation is 1. The molecule has 1 heteroatoms. The number of benzene rings is 1. The first kappa shape index (κ1) is 9.97. The van der Waals surface area contributed by atoms with Crippen LogP contribution in [0.3, 0.4) is 0 Å². The normalized spacial score (nSPS) is 10.1. The molecular formula is C12H15F. The first-order valence-corrected chi connectivity index (χ1v) is 4.59. The van der Waals surface area contributed by atoms with Crippen LogP contribution >= 0.6 is 0 Å². The highest BCUT2D eigenvalue weighted by Gasteiger charge is 2.03. The minimum Gasteiger partial charge on any atom is -0.207 e. The van der Waals surface area contributed by atoms with Gasteiger partial charge in [0.2, 0.25) is 0 Å². The van der Waals surface area contributed by atoms with Crippen molar-refractivity contribution in [2.75, 3.05) is 0 Å². The average Bonchev–Trinajstić information content (AvgIpc) is 2.08. The lowest BCUT2D eigenvalue weighted by Crippen LogP contribution is -1.92. The largest absolute Gasteiger partial charge is 0.207 e. The summed E-state index contributed by atoms with van der Waals surface area (Å²) in [5.74, 6) is -0.183. The van der Waals surface area contributed by atoms with Crippen molar-refractivity contribution in [2.45, 2.75) is 26.7 Å². The lowest BCUT2D eigenvalue weighted by molar-refractivity contribution is 0.626. The number of halogens is 1. The molecule has 0 aliphatic rings. The lowest BCUT2D eigenvalue weighted by atomic mass is 9.98. The second-order valence-electron chi connectivity index (χ2n) is 3.33.